The lowest BCUT2D eigenvalue weighted by Gasteiger charge is -2.20. The molecule has 0 unspecified atom stereocenters. The van der Waals surface area contributed by atoms with Crippen LogP contribution in [0.3, 0.4) is 0 Å². The number of methoxy groups -OCH3 is 1. The normalized spacial score (nSPS) is 13.9. The highest BCUT2D eigenvalue weighted by Gasteiger charge is 2.25. The molecular weight excluding hydrogens is 392 g/mol. The van der Waals surface area contributed by atoms with Crippen molar-refractivity contribution in [2.24, 2.45) is 5.73 Å². The number of carbonyl (C=O) groups is 5. The van der Waals surface area contributed by atoms with Gasteiger partial charge in [-0.3, -0.25) is 14.4 Å². The van der Waals surface area contributed by atoms with E-state index in [-0.39, 0.29) is 0 Å². The predicted molar refractivity (Wildman–Crippen MR) is 102 cm³/mol. The summed E-state index contributed by atoms with van der Waals surface area (Å²) in [6, 6.07) is -3.24. The fourth-order valence-corrected chi connectivity index (χ4v) is 2.22. The third-order valence-corrected chi connectivity index (χ3v) is 4.03. The number of nitrogens with one attached hydrogen (secondary N) is 3. The summed E-state index contributed by atoms with van der Waals surface area (Å²) in [5, 5.41) is 16.0. The Labute approximate surface area is 166 Å². The second-order valence-electron chi connectivity index (χ2n) is 5.62. The number of hydrogen-bond acceptors (Lipinski definition) is 8. The van der Waals surface area contributed by atoms with Crippen LogP contribution in [-0.2, 0) is 28.7 Å². The molecule has 0 rings (SSSR count). The molecule has 0 fully saturated rings. The van der Waals surface area contributed by atoms with Crippen molar-refractivity contribution in [2.75, 3.05) is 25.7 Å². The van der Waals surface area contributed by atoms with Crippen LogP contribution in [0.4, 0.5) is 0 Å². The van der Waals surface area contributed by atoms with E-state index in [1.165, 1.54) is 18.7 Å². The largest absolute Gasteiger partial charge is 0.480 e. The molecule has 0 aliphatic heterocycles. The van der Waals surface area contributed by atoms with Gasteiger partial charge in [-0.05, 0) is 25.4 Å². The van der Waals surface area contributed by atoms with Crippen LogP contribution in [0.2, 0.25) is 0 Å². The van der Waals surface area contributed by atoms with Gasteiger partial charge in [0.15, 0.2) is 0 Å². The van der Waals surface area contributed by atoms with Gasteiger partial charge in [0.05, 0.1) is 13.2 Å². The number of hydrogen-bond donors (Lipinski definition) is 5. The van der Waals surface area contributed by atoms with Crippen LogP contribution < -0.4 is 21.7 Å². The molecule has 0 radical (unpaired) electrons. The number of nitrogens with two attached hydrogens (primary N) is 1. The monoisotopic (exact) mass is 418 g/mol. The SMILES string of the molecule is COC(=O)/C=C/C(=O)NC[C@H](NC(=O)[C@H](C)NC(=O)[C@@H](N)CCSC)C(=O)O. The number of aliphatic carboxylic acids is 1. The first kappa shape index (κ1) is 25.4. The molecule has 0 aromatic carbocycles. The van der Waals surface area contributed by atoms with Gasteiger partial charge in [-0.15, -0.1) is 0 Å². The van der Waals surface area contributed by atoms with E-state index in [1.54, 1.807) is 0 Å². The molecule has 6 N–H and O–H groups in total. The number of esters is 1. The Hall–Kier alpha value is -2.60. The smallest absolute Gasteiger partial charge is 0.330 e. The zero-order valence-corrected chi connectivity index (χ0v) is 16.7. The average molecular weight is 418 g/mol. The highest BCUT2D eigenvalue weighted by Crippen LogP contribution is 1.99. The number of amides is 3. The van der Waals surface area contributed by atoms with Crippen LogP contribution in [-0.4, -0.2) is 78.6 Å². The number of ether oxygens (including phenoxy) is 1. The molecule has 12 heteroatoms. The van der Waals surface area contributed by atoms with Gasteiger partial charge in [-0.1, -0.05) is 0 Å². The van der Waals surface area contributed by atoms with Gasteiger partial charge in [-0.25, -0.2) is 9.59 Å². The van der Waals surface area contributed by atoms with Crippen molar-refractivity contribution < 1.29 is 33.8 Å². The van der Waals surface area contributed by atoms with Gasteiger partial charge in [-0.2, -0.15) is 11.8 Å². The van der Waals surface area contributed by atoms with Crippen LogP contribution >= 0.6 is 11.8 Å². The first-order chi connectivity index (χ1) is 13.1. The summed E-state index contributed by atoms with van der Waals surface area (Å²) in [4.78, 5) is 57.7. The fraction of sp³-hybridized carbons (Fsp3) is 0.562. The highest BCUT2D eigenvalue weighted by atomic mass is 32.2. The molecule has 0 heterocycles. The van der Waals surface area contributed by atoms with E-state index >= 15 is 0 Å². The Kier molecular flexibility index (Phi) is 12.3. The van der Waals surface area contributed by atoms with Gasteiger partial charge < -0.3 is 31.5 Å². The maximum Gasteiger partial charge on any atom is 0.330 e. The van der Waals surface area contributed by atoms with Crippen molar-refractivity contribution in [3.05, 3.63) is 12.2 Å². The van der Waals surface area contributed by atoms with E-state index in [0.717, 1.165) is 19.3 Å². The lowest BCUT2D eigenvalue weighted by Crippen LogP contribution is -2.55. The highest BCUT2D eigenvalue weighted by molar-refractivity contribution is 7.98. The number of carboxylic acids is 1. The Bertz CT molecular complexity index is 612. The molecule has 0 spiro atoms. The van der Waals surface area contributed by atoms with E-state index in [2.05, 4.69) is 20.7 Å². The number of thioether (sulfide) groups is 1. The van der Waals surface area contributed by atoms with Crippen LogP contribution in [0, 0.1) is 0 Å². The molecule has 0 saturated heterocycles. The van der Waals surface area contributed by atoms with Crippen LogP contribution in [0.5, 0.6) is 0 Å². The molecule has 11 nitrogen and oxygen atoms in total. The second-order valence-corrected chi connectivity index (χ2v) is 6.60. The fourth-order valence-electron chi connectivity index (χ4n) is 1.73. The second kappa shape index (κ2) is 13.6. The average Bonchev–Trinajstić information content (AvgIpc) is 2.66. The van der Waals surface area contributed by atoms with Gasteiger partial charge in [0.1, 0.15) is 12.1 Å². The molecule has 158 valence electrons. The third-order valence-electron chi connectivity index (χ3n) is 3.39. The molecule has 0 bridgehead atoms. The molecule has 3 atom stereocenters. The molecule has 0 aromatic heterocycles. The van der Waals surface area contributed by atoms with E-state index in [1.807, 2.05) is 6.26 Å². The first-order valence-electron chi connectivity index (χ1n) is 8.24. The molecule has 0 aromatic rings. The molecule has 28 heavy (non-hydrogen) atoms. The van der Waals surface area contributed by atoms with Gasteiger partial charge in [0.25, 0.3) is 0 Å². The Morgan fingerprint density at radius 2 is 1.79 bits per heavy atom. The van der Waals surface area contributed by atoms with Crippen molar-refractivity contribution >= 4 is 41.4 Å². The summed E-state index contributed by atoms with van der Waals surface area (Å²) in [5.41, 5.74) is 5.70. The van der Waals surface area contributed by atoms with Gasteiger partial charge in [0.2, 0.25) is 17.7 Å². The van der Waals surface area contributed by atoms with Gasteiger partial charge >= 0.3 is 11.9 Å². The molecule has 3 amide bonds. The van der Waals surface area contributed by atoms with Crippen LogP contribution in [0.15, 0.2) is 12.2 Å². The minimum Gasteiger partial charge on any atom is -0.480 e. The van der Waals surface area contributed by atoms with E-state index < -0.39 is 54.3 Å². The summed E-state index contributed by atoms with van der Waals surface area (Å²) in [7, 11) is 1.14. The van der Waals surface area contributed by atoms with E-state index in [0.29, 0.717) is 12.2 Å². The maximum absolute atomic E-state index is 12.1. The molecular formula is C16H26N4O7S. The third kappa shape index (κ3) is 10.5. The number of rotatable bonds is 12. The van der Waals surface area contributed by atoms with Crippen molar-refractivity contribution in [3.63, 3.8) is 0 Å². The minimum atomic E-state index is -1.44. The predicted octanol–water partition coefficient (Wildman–Crippen LogP) is -2.01. The maximum atomic E-state index is 12.1. The summed E-state index contributed by atoms with van der Waals surface area (Å²) in [6.45, 7) is 0.949. The summed E-state index contributed by atoms with van der Waals surface area (Å²) < 4.78 is 4.31. The summed E-state index contributed by atoms with van der Waals surface area (Å²) in [6.07, 6.45) is 4.04. The molecule has 0 aliphatic rings. The Balaban J connectivity index is 4.62. The Morgan fingerprint density at radius 3 is 2.32 bits per heavy atom. The molecule has 0 saturated carbocycles. The number of carbonyl (C=O) groups excluding carboxylic acids is 4. The van der Waals surface area contributed by atoms with E-state index in [4.69, 9.17) is 5.73 Å². The van der Waals surface area contributed by atoms with Gasteiger partial charge in [0, 0.05) is 18.7 Å². The minimum absolute atomic E-state index is 0.431. The lowest BCUT2D eigenvalue weighted by atomic mass is 10.2. The lowest BCUT2D eigenvalue weighted by molar-refractivity contribution is -0.142. The Morgan fingerprint density at radius 1 is 1.14 bits per heavy atom. The zero-order chi connectivity index (χ0) is 21.7. The van der Waals surface area contributed by atoms with Crippen LogP contribution in [0.1, 0.15) is 13.3 Å². The van der Waals surface area contributed by atoms with E-state index in [9.17, 15) is 29.1 Å². The summed E-state index contributed by atoms with van der Waals surface area (Å²) in [5.74, 6) is -3.48. The first-order valence-corrected chi connectivity index (χ1v) is 9.63. The van der Waals surface area contributed by atoms with Crippen molar-refractivity contribution in [2.45, 2.75) is 31.5 Å². The topological polar surface area (TPSA) is 177 Å². The van der Waals surface area contributed by atoms with Crippen molar-refractivity contribution in [1.82, 2.24) is 16.0 Å². The van der Waals surface area contributed by atoms with Crippen molar-refractivity contribution in [1.29, 1.82) is 0 Å². The standard InChI is InChI=1S/C16H26N4O7S/c1-9(19-15(24)10(17)6-7-28-3)14(23)20-11(16(25)26)8-18-12(21)4-5-13(22)27-2/h4-5,9-11H,6-8,17H2,1-3H3,(H,18,21)(H,19,24)(H,20,23)(H,25,26)/b5-4+/t9-,10-,11-/m0/s1. The van der Waals surface area contributed by atoms with Crippen molar-refractivity contribution in [3.8, 4) is 0 Å². The zero-order valence-electron chi connectivity index (χ0n) is 15.9. The summed E-state index contributed by atoms with van der Waals surface area (Å²) >= 11 is 1.53. The number of carboxylic acid groups (broad SMARTS) is 1. The quantitative estimate of drug-likeness (QED) is 0.177. The van der Waals surface area contributed by atoms with Crippen LogP contribution in [0.25, 0.3) is 0 Å². The molecule has 0 aliphatic carbocycles.